The Morgan fingerprint density at radius 1 is 0.893 bits per heavy atom. The molecule has 1 N–H and O–H groups in total. The van der Waals surface area contributed by atoms with Gasteiger partial charge in [0.05, 0.1) is 0 Å². The molecule has 0 unspecified atom stereocenters. The summed E-state index contributed by atoms with van der Waals surface area (Å²) in [4.78, 5) is 32.4. The average molecular weight is 377 g/mol. The van der Waals surface area contributed by atoms with E-state index in [4.69, 9.17) is 0 Å². The number of amides is 2. The smallest absolute Gasteiger partial charge is 0.274 e. The molecule has 0 saturated carbocycles. The molecule has 0 bridgehead atoms. The quantitative estimate of drug-likeness (QED) is 0.745. The Labute approximate surface area is 162 Å². The number of hydrogen-bond acceptors (Lipinski definition) is 3. The van der Waals surface area contributed by atoms with Crippen molar-refractivity contribution in [3.05, 3.63) is 53.5 Å². The second kappa shape index (κ2) is 6.82. The van der Waals surface area contributed by atoms with Gasteiger partial charge in [-0.2, -0.15) is 5.10 Å². The van der Waals surface area contributed by atoms with Crippen LogP contribution < -0.4 is 0 Å². The molecule has 3 aromatic rings. The number of nitrogens with zero attached hydrogens (tertiary/aromatic N) is 4. The van der Waals surface area contributed by atoms with Crippen molar-refractivity contribution in [3.8, 4) is 0 Å². The molecule has 0 spiro atoms. The van der Waals surface area contributed by atoms with Gasteiger partial charge in [0.1, 0.15) is 0 Å². The van der Waals surface area contributed by atoms with Crippen molar-refractivity contribution in [2.45, 2.75) is 25.8 Å². The van der Waals surface area contributed by atoms with Gasteiger partial charge in [0.15, 0.2) is 5.69 Å². The van der Waals surface area contributed by atoms with Crippen LogP contribution in [0.1, 0.15) is 39.4 Å². The van der Waals surface area contributed by atoms with Crippen molar-refractivity contribution in [2.24, 2.45) is 0 Å². The van der Waals surface area contributed by atoms with Gasteiger partial charge in [-0.25, -0.2) is 0 Å². The fraction of sp³-hybridized carbons (Fsp3) is 0.381. The van der Waals surface area contributed by atoms with E-state index in [9.17, 15) is 9.59 Å². The number of benzene rings is 1. The van der Waals surface area contributed by atoms with Crippen molar-refractivity contribution in [1.82, 2.24) is 24.6 Å². The van der Waals surface area contributed by atoms with E-state index >= 15 is 0 Å². The Morgan fingerprint density at radius 2 is 1.68 bits per heavy atom. The molecule has 0 aliphatic carbocycles. The van der Waals surface area contributed by atoms with Gasteiger partial charge in [0, 0.05) is 61.1 Å². The highest BCUT2D eigenvalue weighted by molar-refractivity contribution is 5.98. The molecule has 1 saturated heterocycles. The monoisotopic (exact) mass is 377 g/mol. The van der Waals surface area contributed by atoms with E-state index in [0.29, 0.717) is 37.4 Å². The summed E-state index contributed by atoms with van der Waals surface area (Å²) < 4.78 is 1.97. The fourth-order valence-electron chi connectivity index (χ4n) is 4.17. The zero-order valence-electron chi connectivity index (χ0n) is 15.7. The van der Waals surface area contributed by atoms with E-state index in [1.807, 2.05) is 51.0 Å². The second-order valence-corrected chi connectivity index (χ2v) is 7.57. The van der Waals surface area contributed by atoms with E-state index in [-0.39, 0.29) is 11.8 Å². The van der Waals surface area contributed by atoms with E-state index in [0.717, 1.165) is 42.4 Å². The minimum atomic E-state index is -0.0252. The maximum Gasteiger partial charge on any atom is 0.274 e. The zero-order valence-corrected chi connectivity index (χ0v) is 15.7. The van der Waals surface area contributed by atoms with E-state index in [1.54, 1.807) is 0 Å². The predicted octanol–water partition coefficient (Wildman–Crippen LogP) is 2.30. The topological polar surface area (TPSA) is 74.2 Å². The van der Waals surface area contributed by atoms with Crippen molar-refractivity contribution in [3.63, 3.8) is 0 Å². The molecule has 2 amide bonds. The zero-order chi connectivity index (χ0) is 19.1. The second-order valence-electron chi connectivity index (χ2n) is 7.57. The maximum atomic E-state index is 12.8. The third-order valence-electron chi connectivity index (χ3n) is 5.79. The first kappa shape index (κ1) is 17.0. The Balaban J connectivity index is 1.24. The molecule has 0 atom stereocenters. The summed E-state index contributed by atoms with van der Waals surface area (Å²) in [6.45, 7) is 3.07. The highest BCUT2D eigenvalue weighted by atomic mass is 16.2. The summed E-state index contributed by atoms with van der Waals surface area (Å²) in [5.41, 5.74) is 3.40. The van der Waals surface area contributed by atoms with Crippen LogP contribution in [0.2, 0.25) is 0 Å². The number of hydrogen-bond donors (Lipinski definition) is 1. The van der Waals surface area contributed by atoms with E-state index < -0.39 is 0 Å². The lowest BCUT2D eigenvalue weighted by Gasteiger charge is -2.34. The summed E-state index contributed by atoms with van der Waals surface area (Å²) in [6.07, 6.45) is 5.15. The van der Waals surface area contributed by atoms with Gasteiger partial charge in [-0.3, -0.25) is 14.3 Å². The maximum absolute atomic E-state index is 12.8. The van der Waals surface area contributed by atoms with Gasteiger partial charge in [0.25, 0.3) is 11.8 Å². The number of aromatic nitrogens is 3. The minimum absolute atomic E-state index is 0.0210. The van der Waals surface area contributed by atoms with Gasteiger partial charge in [-0.1, -0.05) is 0 Å². The van der Waals surface area contributed by atoms with Crippen LogP contribution in [0.15, 0.2) is 36.5 Å². The molecule has 5 rings (SSSR count). The number of rotatable bonds is 2. The molecule has 4 heterocycles. The van der Waals surface area contributed by atoms with Gasteiger partial charge in [0.2, 0.25) is 0 Å². The molecule has 28 heavy (non-hydrogen) atoms. The fourth-order valence-corrected chi connectivity index (χ4v) is 4.17. The molecule has 2 aromatic heterocycles. The largest absolute Gasteiger partial charge is 0.361 e. The molecular weight excluding hydrogens is 354 g/mol. The standard InChI is InChI=1S/C21H23N5O2/c27-20(16-4-5-18-15(13-16)6-7-22-18)24-9-11-25(12-10-24)21(28)19-14-17-3-1-2-8-26(17)23-19/h4-7,13-14,22H,1-3,8-12H2. The van der Waals surface area contributed by atoms with Crippen molar-refractivity contribution >= 4 is 22.7 Å². The lowest BCUT2D eigenvalue weighted by Crippen LogP contribution is -2.50. The number of carbonyl (C=O) groups excluding carboxylic acids is 2. The molecule has 2 aliphatic rings. The van der Waals surface area contributed by atoms with Crippen LogP contribution in [0.3, 0.4) is 0 Å². The number of aryl methyl sites for hydroxylation is 2. The van der Waals surface area contributed by atoms with Gasteiger partial charge in [-0.05, 0) is 49.6 Å². The average Bonchev–Trinajstić information content (AvgIpc) is 3.39. The Kier molecular flexibility index (Phi) is 4.15. The van der Waals surface area contributed by atoms with Crippen molar-refractivity contribution < 1.29 is 9.59 Å². The summed E-state index contributed by atoms with van der Waals surface area (Å²) >= 11 is 0. The molecule has 7 heteroatoms. The van der Waals surface area contributed by atoms with Gasteiger partial charge in [-0.15, -0.1) is 0 Å². The minimum Gasteiger partial charge on any atom is -0.361 e. The third-order valence-corrected chi connectivity index (χ3v) is 5.79. The highest BCUT2D eigenvalue weighted by Crippen LogP contribution is 2.19. The first-order valence-corrected chi connectivity index (χ1v) is 9.91. The number of carbonyl (C=O) groups is 2. The summed E-state index contributed by atoms with van der Waals surface area (Å²) in [5.74, 6) is -0.00426. The highest BCUT2D eigenvalue weighted by Gasteiger charge is 2.27. The lowest BCUT2D eigenvalue weighted by molar-refractivity contribution is 0.0532. The third kappa shape index (κ3) is 2.96. The number of fused-ring (bicyclic) bond motifs is 2. The van der Waals surface area contributed by atoms with E-state index in [1.165, 1.54) is 0 Å². The predicted molar refractivity (Wildman–Crippen MR) is 105 cm³/mol. The van der Waals surface area contributed by atoms with Gasteiger partial charge >= 0.3 is 0 Å². The molecule has 0 radical (unpaired) electrons. The number of H-pyrrole nitrogens is 1. The molecule has 1 fully saturated rings. The Bertz CT molecular complexity index is 1020. The lowest BCUT2D eigenvalue weighted by atomic mass is 10.1. The van der Waals surface area contributed by atoms with Crippen LogP contribution in [0, 0.1) is 0 Å². The Morgan fingerprint density at radius 3 is 2.46 bits per heavy atom. The molecule has 2 aliphatic heterocycles. The van der Waals surface area contributed by atoms with Crippen LogP contribution in [-0.4, -0.2) is 62.6 Å². The number of nitrogens with one attached hydrogen (secondary N) is 1. The number of aromatic amines is 1. The van der Waals surface area contributed by atoms with Crippen LogP contribution in [0.4, 0.5) is 0 Å². The van der Waals surface area contributed by atoms with Crippen molar-refractivity contribution in [2.75, 3.05) is 26.2 Å². The summed E-state index contributed by atoms with van der Waals surface area (Å²) in [6, 6.07) is 9.61. The summed E-state index contributed by atoms with van der Waals surface area (Å²) in [7, 11) is 0. The van der Waals surface area contributed by atoms with Crippen molar-refractivity contribution in [1.29, 1.82) is 0 Å². The summed E-state index contributed by atoms with van der Waals surface area (Å²) in [5, 5.41) is 5.52. The van der Waals surface area contributed by atoms with E-state index in [2.05, 4.69) is 10.1 Å². The van der Waals surface area contributed by atoms with Crippen LogP contribution in [-0.2, 0) is 13.0 Å². The van der Waals surface area contributed by atoms with Crippen LogP contribution in [0.5, 0.6) is 0 Å². The normalized spacial score (nSPS) is 17.0. The number of piperazine rings is 1. The first-order chi connectivity index (χ1) is 13.7. The van der Waals surface area contributed by atoms with Crippen LogP contribution in [0.25, 0.3) is 10.9 Å². The van der Waals surface area contributed by atoms with Crippen LogP contribution >= 0.6 is 0 Å². The molecule has 144 valence electrons. The first-order valence-electron chi connectivity index (χ1n) is 9.91. The molecular formula is C21H23N5O2. The molecule has 7 nitrogen and oxygen atoms in total. The Hall–Kier alpha value is -3.09. The van der Waals surface area contributed by atoms with Gasteiger partial charge < -0.3 is 14.8 Å². The SMILES string of the molecule is O=C(c1ccc2[nH]ccc2c1)N1CCN(C(=O)c2cc3n(n2)CCCC3)CC1. The molecule has 1 aromatic carbocycles.